The van der Waals surface area contributed by atoms with E-state index in [2.05, 4.69) is 22.1 Å². The van der Waals surface area contributed by atoms with Crippen LogP contribution in [0.4, 0.5) is 0 Å². The van der Waals surface area contributed by atoms with Crippen LogP contribution in [-0.4, -0.2) is 32.5 Å². The predicted molar refractivity (Wildman–Crippen MR) is 118 cm³/mol. The van der Waals surface area contributed by atoms with Gasteiger partial charge >= 0.3 is 0 Å². The number of amides is 1. The van der Waals surface area contributed by atoms with E-state index in [1.54, 1.807) is 11.8 Å². The van der Waals surface area contributed by atoms with E-state index in [0.29, 0.717) is 18.3 Å². The van der Waals surface area contributed by atoms with Crippen molar-refractivity contribution < 1.29 is 4.79 Å². The number of nitrogens with one attached hydrogen (secondary N) is 1. The van der Waals surface area contributed by atoms with E-state index in [9.17, 15) is 4.79 Å². The van der Waals surface area contributed by atoms with Crippen LogP contribution in [0.15, 0.2) is 42.1 Å². The number of halogens is 1. The molecule has 1 saturated carbocycles. The molecule has 1 heterocycles. The van der Waals surface area contributed by atoms with Gasteiger partial charge < -0.3 is 9.88 Å². The number of nitrogens with zero attached hydrogens (tertiary/aromatic N) is 3. The molecule has 0 spiro atoms. The number of hydrogen-bond donors (Lipinski definition) is 1. The number of thioether (sulfide) groups is 2. The molecule has 1 amide bonds. The highest BCUT2D eigenvalue weighted by atomic mass is 35.5. The highest BCUT2D eigenvalue weighted by Gasteiger charge is 2.18. The van der Waals surface area contributed by atoms with Gasteiger partial charge in [-0.1, -0.05) is 54.4 Å². The Morgan fingerprint density at radius 2 is 2.00 bits per heavy atom. The van der Waals surface area contributed by atoms with Crippen molar-refractivity contribution in [3.63, 3.8) is 0 Å². The first-order chi connectivity index (χ1) is 13.7. The van der Waals surface area contributed by atoms with Gasteiger partial charge in [0.25, 0.3) is 0 Å². The summed E-state index contributed by atoms with van der Waals surface area (Å²) >= 11 is 9.14. The summed E-state index contributed by atoms with van der Waals surface area (Å²) in [5.74, 6) is 2.97. The molecule has 8 heteroatoms. The van der Waals surface area contributed by atoms with E-state index in [1.165, 1.54) is 30.2 Å². The van der Waals surface area contributed by atoms with Crippen molar-refractivity contribution in [2.45, 2.75) is 54.9 Å². The molecule has 150 valence electrons. The molecule has 0 atom stereocenters. The quantitative estimate of drug-likeness (QED) is 0.432. The van der Waals surface area contributed by atoms with Gasteiger partial charge in [-0.25, -0.2) is 0 Å². The molecule has 1 aromatic carbocycles. The van der Waals surface area contributed by atoms with Crippen molar-refractivity contribution in [2.24, 2.45) is 0 Å². The number of rotatable bonds is 10. The minimum Gasteiger partial charge on any atom is -0.353 e. The number of benzene rings is 1. The fourth-order valence-corrected chi connectivity index (χ4v) is 4.99. The Balaban J connectivity index is 1.52. The Morgan fingerprint density at radius 1 is 1.25 bits per heavy atom. The zero-order valence-corrected chi connectivity index (χ0v) is 18.2. The number of carbonyl (C=O) groups is 1. The summed E-state index contributed by atoms with van der Waals surface area (Å²) in [5, 5.41) is 13.3. The van der Waals surface area contributed by atoms with Gasteiger partial charge in [0, 0.05) is 23.4 Å². The van der Waals surface area contributed by atoms with Crippen LogP contribution in [0.1, 0.15) is 37.1 Å². The Bertz CT molecular complexity index is 788. The first-order valence-electron chi connectivity index (χ1n) is 9.43. The molecule has 0 radical (unpaired) electrons. The maximum atomic E-state index is 12.2. The van der Waals surface area contributed by atoms with E-state index in [0.717, 1.165) is 40.4 Å². The van der Waals surface area contributed by atoms with Gasteiger partial charge in [-0.3, -0.25) is 4.79 Å². The fraction of sp³-hybridized carbons (Fsp3) is 0.450. The maximum Gasteiger partial charge on any atom is 0.230 e. The standard InChI is InChI=1S/C20H25ClN4OS2/c1-2-11-25-18(13-27-12-15-7-9-16(21)10-8-15)23-24-20(25)28-14-19(26)22-17-5-3-4-6-17/h2,7-10,17H,1,3-6,11-14H2,(H,22,26). The van der Waals surface area contributed by atoms with Crippen molar-refractivity contribution in [3.05, 3.63) is 53.3 Å². The van der Waals surface area contributed by atoms with Gasteiger partial charge in [0.15, 0.2) is 5.16 Å². The lowest BCUT2D eigenvalue weighted by molar-refractivity contribution is -0.119. The van der Waals surface area contributed by atoms with Gasteiger partial charge in [0.05, 0.1) is 11.5 Å². The molecule has 2 aromatic rings. The molecular formula is C20H25ClN4OS2. The van der Waals surface area contributed by atoms with Crippen LogP contribution in [-0.2, 0) is 22.8 Å². The van der Waals surface area contributed by atoms with Gasteiger partial charge in [-0.2, -0.15) is 0 Å². The Kier molecular flexibility index (Phi) is 8.30. The molecule has 1 aliphatic rings. The number of allylic oxidation sites excluding steroid dienone is 1. The van der Waals surface area contributed by atoms with Crippen LogP contribution in [0.3, 0.4) is 0 Å². The molecule has 1 N–H and O–H groups in total. The van der Waals surface area contributed by atoms with E-state index >= 15 is 0 Å². The van der Waals surface area contributed by atoms with E-state index in [4.69, 9.17) is 11.6 Å². The molecule has 0 aliphatic heterocycles. The fourth-order valence-electron chi connectivity index (χ4n) is 3.16. The Morgan fingerprint density at radius 3 is 2.71 bits per heavy atom. The third kappa shape index (κ3) is 6.29. The van der Waals surface area contributed by atoms with Crippen LogP contribution in [0.25, 0.3) is 0 Å². The molecule has 0 bridgehead atoms. The van der Waals surface area contributed by atoms with Crippen molar-refractivity contribution in [1.82, 2.24) is 20.1 Å². The lowest BCUT2D eigenvalue weighted by Crippen LogP contribution is -2.33. The molecule has 0 unspecified atom stereocenters. The Labute approximate surface area is 179 Å². The topological polar surface area (TPSA) is 59.8 Å². The summed E-state index contributed by atoms with van der Waals surface area (Å²) in [4.78, 5) is 12.2. The van der Waals surface area contributed by atoms with Gasteiger partial charge in [0.1, 0.15) is 5.82 Å². The SMILES string of the molecule is C=CCn1c(CSCc2ccc(Cl)cc2)nnc1SCC(=O)NC1CCCC1. The number of hydrogen-bond acceptors (Lipinski definition) is 5. The zero-order chi connectivity index (χ0) is 19.8. The second kappa shape index (κ2) is 10.9. The van der Waals surface area contributed by atoms with E-state index in [1.807, 2.05) is 34.9 Å². The van der Waals surface area contributed by atoms with E-state index in [-0.39, 0.29) is 5.91 Å². The molecule has 0 saturated heterocycles. The summed E-state index contributed by atoms with van der Waals surface area (Å²) in [6.07, 6.45) is 6.45. The Hall–Kier alpha value is -1.44. The average molecular weight is 437 g/mol. The maximum absolute atomic E-state index is 12.2. The third-order valence-electron chi connectivity index (χ3n) is 4.57. The van der Waals surface area contributed by atoms with E-state index < -0.39 is 0 Å². The third-order valence-corrected chi connectivity index (χ3v) is 6.79. The van der Waals surface area contributed by atoms with Crippen molar-refractivity contribution in [2.75, 3.05) is 5.75 Å². The molecule has 1 fully saturated rings. The summed E-state index contributed by atoms with van der Waals surface area (Å²) in [5.41, 5.74) is 1.22. The zero-order valence-electron chi connectivity index (χ0n) is 15.8. The molecule has 1 aliphatic carbocycles. The molecule has 3 rings (SSSR count). The van der Waals surface area contributed by atoms with Crippen LogP contribution >= 0.6 is 35.1 Å². The smallest absolute Gasteiger partial charge is 0.230 e. The first kappa shape index (κ1) is 21.3. The van der Waals surface area contributed by atoms with Gasteiger partial charge in [-0.05, 0) is 30.5 Å². The monoisotopic (exact) mass is 436 g/mol. The highest BCUT2D eigenvalue weighted by Crippen LogP contribution is 2.23. The van der Waals surface area contributed by atoms with Crippen LogP contribution < -0.4 is 5.32 Å². The minimum absolute atomic E-state index is 0.0729. The van der Waals surface area contributed by atoms with Crippen molar-refractivity contribution in [1.29, 1.82) is 0 Å². The normalized spacial score (nSPS) is 14.3. The lowest BCUT2D eigenvalue weighted by atomic mass is 10.2. The lowest BCUT2D eigenvalue weighted by Gasteiger charge is -2.12. The minimum atomic E-state index is 0.0729. The molecule has 5 nitrogen and oxygen atoms in total. The second-order valence-corrected chi connectivity index (χ2v) is 9.12. The van der Waals surface area contributed by atoms with Gasteiger partial charge in [0.2, 0.25) is 5.91 Å². The largest absolute Gasteiger partial charge is 0.353 e. The first-order valence-corrected chi connectivity index (χ1v) is 11.9. The van der Waals surface area contributed by atoms with Gasteiger partial charge in [-0.15, -0.1) is 28.5 Å². The van der Waals surface area contributed by atoms with Crippen molar-refractivity contribution >= 4 is 41.0 Å². The summed E-state index contributed by atoms with van der Waals surface area (Å²) < 4.78 is 2.04. The second-order valence-electron chi connectivity index (χ2n) is 6.75. The van der Waals surface area contributed by atoms with Crippen molar-refractivity contribution in [3.8, 4) is 0 Å². The summed E-state index contributed by atoms with van der Waals surface area (Å²) in [6, 6.07) is 8.23. The molecule has 1 aromatic heterocycles. The summed E-state index contributed by atoms with van der Waals surface area (Å²) in [7, 11) is 0. The highest BCUT2D eigenvalue weighted by molar-refractivity contribution is 7.99. The van der Waals surface area contributed by atoms with Crippen LogP contribution in [0, 0.1) is 0 Å². The number of aromatic nitrogens is 3. The average Bonchev–Trinajstić information content (AvgIpc) is 3.33. The number of carbonyl (C=O) groups excluding carboxylic acids is 1. The molecular weight excluding hydrogens is 412 g/mol. The summed E-state index contributed by atoms with van der Waals surface area (Å²) in [6.45, 7) is 4.47. The van der Waals surface area contributed by atoms with Crippen LogP contribution in [0.5, 0.6) is 0 Å². The molecule has 28 heavy (non-hydrogen) atoms. The predicted octanol–water partition coefficient (Wildman–Crippen LogP) is 4.70. The van der Waals surface area contributed by atoms with Crippen LogP contribution in [0.2, 0.25) is 5.02 Å².